The number of alkyl carbamates (subject to hydrolysis) is 1. The van der Waals surface area contributed by atoms with E-state index in [1.165, 1.54) is 18.2 Å². The van der Waals surface area contributed by atoms with Crippen molar-refractivity contribution >= 4 is 20.1 Å². The molecule has 0 bridgehead atoms. The number of rotatable bonds is 11. The number of hydrogen-bond acceptors (Lipinski definition) is 7. The van der Waals surface area contributed by atoms with Gasteiger partial charge in [-0.25, -0.2) is 9.18 Å². The van der Waals surface area contributed by atoms with Crippen molar-refractivity contribution in [1.82, 2.24) is 10.3 Å². The zero-order valence-electron chi connectivity index (χ0n) is 25.3. The van der Waals surface area contributed by atoms with Crippen LogP contribution in [-0.4, -0.2) is 37.5 Å². The lowest BCUT2D eigenvalue weighted by Gasteiger charge is -2.41. The molecule has 11 heteroatoms. The van der Waals surface area contributed by atoms with Crippen LogP contribution in [0.3, 0.4) is 0 Å². The van der Waals surface area contributed by atoms with Crippen molar-refractivity contribution in [3.8, 4) is 17.6 Å². The molecule has 228 valence electrons. The van der Waals surface area contributed by atoms with Crippen LogP contribution in [0.25, 0.3) is 0 Å². The molecule has 1 N–H and O–H groups in total. The van der Waals surface area contributed by atoms with Crippen molar-refractivity contribution in [1.29, 1.82) is 0 Å². The predicted molar refractivity (Wildman–Crippen MR) is 165 cm³/mol. The van der Waals surface area contributed by atoms with E-state index in [0.717, 1.165) is 11.8 Å². The third-order valence-electron chi connectivity index (χ3n) is 7.37. The number of nitrogens with zero attached hydrogens (tertiary/aromatic N) is 2. The van der Waals surface area contributed by atoms with Gasteiger partial charge >= 0.3 is 6.09 Å². The highest BCUT2D eigenvalue weighted by molar-refractivity contribution is 6.74. The Morgan fingerprint density at radius 2 is 1.79 bits per heavy atom. The number of carbonyl (C=O) groups is 1. The third-order valence-corrected chi connectivity index (χ3v) is 11.8. The van der Waals surface area contributed by atoms with Gasteiger partial charge in [-0.1, -0.05) is 44.7 Å². The van der Waals surface area contributed by atoms with E-state index in [9.17, 15) is 19.3 Å². The lowest BCUT2D eigenvalue weighted by molar-refractivity contribution is -0.384. The molecular formula is C32H38FN3O6Si. The Labute approximate surface area is 253 Å². The molecule has 0 spiro atoms. The van der Waals surface area contributed by atoms with Gasteiger partial charge in [0.1, 0.15) is 18.2 Å². The Morgan fingerprint density at radius 3 is 2.37 bits per heavy atom. The SMILES string of the molecule is COc1ccc(COC(=O)N[C@H](CCC#Cc2ccc([N+](=O)[O-])cc2)[C@H](O[Si](C)(C)C(C)(C)C)c2cncc(F)c2)cc1. The number of aromatic nitrogens is 1. The van der Waals surface area contributed by atoms with Crippen LogP contribution in [0.4, 0.5) is 14.9 Å². The first-order valence-corrected chi connectivity index (χ1v) is 16.8. The third kappa shape index (κ3) is 9.90. The highest BCUT2D eigenvalue weighted by Crippen LogP contribution is 2.41. The zero-order valence-corrected chi connectivity index (χ0v) is 26.3. The fraction of sp³-hybridized carbons (Fsp3) is 0.375. The van der Waals surface area contributed by atoms with Crippen LogP contribution in [0, 0.1) is 27.8 Å². The quantitative estimate of drug-likeness (QED) is 0.105. The van der Waals surface area contributed by atoms with Crippen LogP contribution in [0.5, 0.6) is 5.75 Å². The van der Waals surface area contributed by atoms with Gasteiger partial charge in [0.05, 0.1) is 30.4 Å². The van der Waals surface area contributed by atoms with Crippen LogP contribution in [0.15, 0.2) is 67.0 Å². The zero-order chi connectivity index (χ0) is 31.6. The first-order chi connectivity index (χ1) is 20.3. The summed E-state index contributed by atoms with van der Waals surface area (Å²) in [6.07, 6.45) is 1.99. The lowest BCUT2D eigenvalue weighted by atomic mass is 9.99. The number of benzene rings is 2. The molecule has 0 aliphatic carbocycles. The molecule has 0 aliphatic rings. The molecule has 0 unspecified atom stereocenters. The Hall–Kier alpha value is -4.27. The van der Waals surface area contributed by atoms with Gasteiger partial charge in [0, 0.05) is 35.9 Å². The Balaban J connectivity index is 1.86. The summed E-state index contributed by atoms with van der Waals surface area (Å²) in [6, 6.07) is 13.9. The van der Waals surface area contributed by atoms with Crippen molar-refractivity contribution < 1.29 is 28.0 Å². The summed E-state index contributed by atoms with van der Waals surface area (Å²) in [7, 11) is -0.847. The van der Waals surface area contributed by atoms with Crippen LogP contribution < -0.4 is 10.1 Å². The van der Waals surface area contributed by atoms with E-state index < -0.39 is 37.3 Å². The molecular weight excluding hydrogens is 569 g/mol. The summed E-state index contributed by atoms with van der Waals surface area (Å²) in [5, 5.41) is 13.7. The normalized spacial score (nSPS) is 12.8. The average molecular weight is 608 g/mol. The molecule has 43 heavy (non-hydrogen) atoms. The molecule has 1 amide bonds. The van der Waals surface area contributed by atoms with Crippen molar-refractivity contribution in [3.05, 3.63) is 99.6 Å². The molecule has 0 radical (unpaired) electrons. The molecule has 1 aromatic heterocycles. The fourth-order valence-corrected chi connectivity index (χ4v) is 5.17. The first-order valence-electron chi connectivity index (χ1n) is 13.9. The minimum Gasteiger partial charge on any atom is -0.497 e. The molecule has 0 saturated heterocycles. The second-order valence-corrected chi connectivity index (χ2v) is 16.3. The summed E-state index contributed by atoms with van der Waals surface area (Å²) in [5.41, 5.74) is 1.88. The maximum Gasteiger partial charge on any atom is 0.407 e. The van der Waals surface area contributed by atoms with Gasteiger partial charge in [-0.3, -0.25) is 15.1 Å². The van der Waals surface area contributed by atoms with E-state index in [4.69, 9.17) is 13.9 Å². The number of pyridine rings is 1. The molecule has 0 fully saturated rings. The fourth-order valence-electron chi connectivity index (χ4n) is 3.88. The molecule has 1 heterocycles. The number of hydrogen-bond donors (Lipinski definition) is 1. The minimum absolute atomic E-state index is 0.0164. The summed E-state index contributed by atoms with van der Waals surface area (Å²) < 4.78 is 31.9. The van der Waals surface area contributed by atoms with Gasteiger partial charge in [-0.2, -0.15) is 0 Å². The Morgan fingerprint density at radius 1 is 1.12 bits per heavy atom. The maximum absolute atomic E-state index is 14.4. The van der Waals surface area contributed by atoms with Gasteiger partial charge in [0.2, 0.25) is 0 Å². The van der Waals surface area contributed by atoms with E-state index in [1.54, 1.807) is 49.7 Å². The number of carbonyl (C=O) groups excluding carboxylic acids is 1. The number of amides is 1. The van der Waals surface area contributed by atoms with Crippen LogP contribution in [0.1, 0.15) is 56.4 Å². The number of nitrogens with one attached hydrogen (secondary N) is 1. The molecule has 3 rings (SSSR count). The molecule has 2 aromatic carbocycles. The lowest BCUT2D eigenvalue weighted by Crippen LogP contribution is -2.48. The van der Waals surface area contributed by atoms with Gasteiger partial charge < -0.3 is 19.2 Å². The van der Waals surface area contributed by atoms with Crippen LogP contribution in [0.2, 0.25) is 18.1 Å². The van der Waals surface area contributed by atoms with Crippen molar-refractivity contribution in [2.45, 2.75) is 70.5 Å². The van der Waals surface area contributed by atoms with E-state index in [1.807, 2.05) is 0 Å². The first kappa shape index (κ1) is 33.2. The summed E-state index contributed by atoms with van der Waals surface area (Å²) in [6.45, 7) is 10.5. The summed E-state index contributed by atoms with van der Waals surface area (Å²) >= 11 is 0. The molecule has 3 aromatic rings. The van der Waals surface area contributed by atoms with Crippen molar-refractivity contribution in [2.75, 3.05) is 7.11 Å². The molecule has 9 nitrogen and oxygen atoms in total. The standard InChI is InChI=1S/C32H38FN3O6Si/c1-32(2,3)43(5,6)42-30(25-19-26(33)21-34-20-25)29(10-8-7-9-23-11-15-27(16-12-23)36(38)39)35-31(37)41-22-24-13-17-28(40-4)18-14-24/h11-21,29-30H,8,10,22H2,1-6H3,(H,35,37)/t29-,30-/m1/s1. The van der Waals surface area contributed by atoms with Gasteiger partial charge in [0.25, 0.3) is 5.69 Å². The predicted octanol–water partition coefficient (Wildman–Crippen LogP) is 7.33. The topological polar surface area (TPSA) is 113 Å². The Kier molecular flexibility index (Phi) is 11.4. The molecule has 0 aliphatic heterocycles. The number of methoxy groups -OCH3 is 1. The molecule has 0 saturated carbocycles. The molecule has 2 atom stereocenters. The van der Waals surface area contributed by atoms with Crippen molar-refractivity contribution in [2.24, 2.45) is 0 Å². The van der Waals surface area contributed by atoms with Gasteiger partial charge in [-0.15, -0.1) is 0 Å². The van der Waals surface area contributed by atoms with Crippen LogP contribution >= 0.6 is 0 Å². The van der Waals surface area contributed by atoms with Gasteiger partial charge in [-0.05, 0) is 60.4 Å². The van der Waals surface area contributed by atoms with E-state index in [-0.39, 0.29) is 17.3 Å². The second kappa shape index (κ2) is 14.8. The average Bonchev–Trinajstić information content (AvgIpc) is 2.96. The number of nitro benzene ring substituents is 1. The van der Waals surface area contributed by atoms with Crippen molar-refractivity contribution in [3.63, 3.8) is 0 Å². The highest BCUT2D eigenvalue weighted by Gasteiger charge is 2.41. The summed E-state index contributed by atoms with van der Waals surface area (Å²) in [5.74, 6) is 6.26. The Bertz CT molecular complexity index is 1450. The number of non-ortho nitro benzene ring substituents is 1. The number of halogens is 1. The van der Waals surface area contributed by atoms with E-state index in [0.29, 0.717) is 29.7 Å². The number of ether oxygens (including phenoxy) is 2. The summed E-state index contributed by atoms with van der Waals surface area (Å²) in [4.78, 5) is 27.6. The smallest absolute Gasteiger partial charge is 0.407 e. The van der Waals surface area contributed by atoms with E-state index in [2.05, 4.69) is 56.0 Å². The van der Waals surface area contributed by atoms with E-state index >= 15 is 0 Å². The number of nitro groups is 1. The van der Waals surface area contributed by atoms with Gasteiger partial charge in [0.15, 0.2) is 8.32 Å². The largest absolute Gasteiger partial charge is 0.497 e. The maximum atomic E-state index is 14.4. The second-order valence-electron chi connectivity index (χ2n) is 11.6. The monoisotopic (exact) mass is 607 g/mol. The van der Waals surface area contributed by atoms with Crippen LogP contribution in [-0.2, 0) is 15.8 Å². The minimum atomic E-state index is -2.42. The highest BCUT2D eigenvalue weighted by atomic mass is 28.4.